The largest absolute Gasteiger partial charge is 0.384 e. The lowest BCUT2D eigenvalue weighted by molar-refractivity contribution is 0.0823. The van der Waals surface area contributed by atoms with Gasteiger partial charge in [-0.3, -0.25) is 4.79 Å². The average Bonchev–Trinajstić information content (AvgIpc) is 2.55. The molecule has 3 nitrogen and oxygen atoms in total. The number of fused-ring (bicyclic) bond motifs is 1. The normalized spacial score (nSPS) is 18.9. The molecular weight excluding hydrogens is 226 g/mol. The second-order valence-corrected chi connectivity index (χ2v) is 4.85. The number of Topliss-reactive ketones (excluding diaryl/α,β-unsaturated/α-hetero) is 1. The second-order valence-electron chi connectivity index (χ2n) is 4.85. The molecular formula is C15H21NO2. The van der Waals surface area contributed by atoms with Crippen LogP contribution in [-0.2, 0) is 4.74 Å². The number of anilines is 1. The molecule has 1 aromatic rings. The Balaban J connectivity index is 1.90. The van der Waals surface area contributed by atoms with Gasteiger partial charge in [-0.25, -0.2) is 0 Å². The molecule has 0 bridgehead atoms. The molecule has 1 atom stereocenters. The number of benzene rings is 1. The summed E-state index contributed by atoms with van der Waals surface area (Å²) in [6.07, 6.45) is 2.82. The van der Waals surface area contributed by atoms with E-state index in [2.05, 4.69) is 12.2 Å². The van der Waals surface area contributed by atoms with E-state index in [4.69, 9.17) is 4.74 Å². The first-order chi connectivity index (χ1) is 8.81. The zero-order valence-corrected chi connectivity index (χ0v) is 10.9. The summed E-state index contributed by atoms with van der Waals surface area (Å²) in [5.74, 6) is 0.501. The predicted molar refractivity (Wildman–Crippen MR) is 73.1 cm³/mol. The highest BCUT2D eigenvalue weighted by atomic mass is 16.5. The molecule has 0 saturated carbocycles. The Morgan fingerprint density at radius 1 is 1.39 bits per heavy atom. The Labute approximate surface area is 109 Å². The van der Waals surface area contributed by atoms with E-state index in [1.54, 1.807) is 0 Å². The van der Waals surface area contributed by atoms with Crippen LogP contribution < -0.4 is 5.32 Å². The Bertz CT molecular complexity index is 403. The van der Waals surface area contributed by atoms with Crippen molar-refractivity contribution >= 4 is 11.5 Å². The molecule has 98 valence electrons. The zero-order valence-electron chi connectivity index (χ0n) is 10.9. The summed E-state index contributed by atoms with van der Waals surface area (Å²) in [5.41, 5.74) is 1.77. The van der Waals surface area contributed by atoms with Crippen molar-refractivity contribution in [2.75, 3.05) is 25.1 Å². The van der Waals surface area contributed by atoms with Crippen LogP contribution in [0.4, 0.5) is 5.69 Å². The number of ketones is 1. The van der Waals surface area contributed by atoms with Gasteiger partial charge in [0.15, 0.2) is 5.78 Å². The van der Waals surface area contributed by atoms with E-state index in [1.807, 2.05) is 24.3 Å². The van der Waals surface area contributed by atoms with Crippen molar-refractivity contribution in [2.24, 2.45) is 5.92 Å². The van der Waals surface area contributed by atoms with Gasteiger partial charge < -0.3 is 10.1 Å². The van der Waals surface area contributed by atoms with Crippen LogP contribution in [-0.4, -0.2) is 25.5 Å². The Morgan fingerprint density at radius 2 is 2.22 bits per heavy atom. The first-order valence-corrected chi connectivity index (χ1v) is 6.75. The third kappa shape index (κ3) is 3.33. The molecule has 2 rings (SSSR count). The number of ether oxygens (including phenoxy) is 1. The van der Waals surface area contributed by atoms with Crippen LogP contribution >= 0.6 is 0 Å². The summed E-state index contributed by atoms with van der Waals surface area (Å²) in [6.45, 7) is 4.44. The third-order valence-corrected chi connectivity index (χ3v) is 3.28. The molecule has 1 unspecified atom stereocenters. The fraction of sp³-hybridized carbons (Fsp3) is 0.533. The molecule has 0 amide bonds. The van der Waals surface area contributed by atoms with Crippen molar-refractivity contribution < 1.29 is 9.53 Å². The van der Waals surface area contributed by atoms with E-state index >= 15 is 0 Å². The van der Waals surface area contributed by atoms with Crippen LogP contribution in [0.3, 0.4) is 0 Å². The molecule has 0 spiro atoms. The van der Waals surface area contributed by atoms with E-state index in [0.29, 0.717) is 13.0 Å². The number of hydrogen-bond donors (Lipinski definition) is 1. The Morgan fingerprint density at radius 3 is 3.06 bits per heavy atom. The summed E-state index contributed by atoms with van der Waals surface area (Å²) in [7, 11) is 0. The molecule has 0 aliphatic carbocycles. The maximum absolute atomic E-state index is 12.1. The van der Waals surface area contributed by atoms with Gasteiger partial charge in [0, 0.05) is 36.7 Å². The maximum Gasteiger partial charge on any atom is 0.165 e. The van der Waals surface area contributed by atoms with Crippen LogP contribution in [0.2, 0.25) is 0 Å². The molecule has 0 saturated heterocycles. The van der Waals surface area contributed by atoms with Gasteiger partial charge in [-0.2, -0.15) is 0 Å². The second kappa shape index (κ2) is 6.55. The van der Waals surface area contributed by atoms with E-state index in [-0.39, 0.29) is 11.7 Å². The quantitative estimate of drug-likeness (QED) is 0.812. The van der Waals surface area contributed by atoms with Gasteiger partial charge >= 0.3 is 0 Å². The SMILES string of the molecule is CCCCOCC1CNc2ccccc2C(=O)C1. The van der Waals surface area contributed by atoms with Crippen LogP contribution in [0, 0.1) is 5.92 Å². The van der Waals surface area contributed by atoms with Crippen molar-refractivity contribution in [3.8, 4) is 0 Å². The standard InChI is InChI=1S/C15H21NO2/c1-2-3-8-18-11-12-9-15(17)13-6-4-5-7-14(13)16-10-12/h4-7,12,16H,2-3,8-11H2,1H3. The molecule has 1 aromatic carbocycles. The first-order valence-electron chi connectivity index (χ1n) is 6.75. The molecule has 1 N–H and O–H groups in total. The fourth-order valence-electron chi connectivity index (χ4n) is 2.19. The van der Waals surface area contributed by atoms with Gasteiger partial charge in [0.05, 0.1) is 6.61 Å². The minimum Gasteiger partial charge on any atom is -0.384 e. The van der Waals surface area contributed by atoms with E-state index in [0.717, 1.165) is 37.2 Å². The van der Waals surface area contributed by atoms with Gasteiger partial charge in [-0.1, -0.05) is 25.5 Å². The molecule has 0 aromatic heterocycles. The van der Waals surface area contributed by atoms with Crippen molar-refractivity contribution in [1.29, 1.82) is 0 Å². The molecule has 1 aliphatic heterocycles. The van der Waals surface area contributed by atoms with E-state index in [9.17, 15) is 4.79 Å². The molecule has 0 radical (unpaired) electrons. The number of hydrogen-bond acceptors (Lipinski definition) is 3. The lowest BCUT2D eigenvalue weighted by atomic mass is 10.0. The lowest BCUT2D eigenvalue weighted by Gasteiger charge is -2.14. The predicted octanol–water partition coefficient (Wildman–Crippen LogP) is 3.12. The van der Waals surface area contributed by atoms with Crippen molar-refractivity contribution in [2.45, 2.75) is 26.2 Å². The number of carbonyl (C=O) groups is 1. The van der Waals surface area contributed by atoms with Gasteiger partial charge in [0.25, 0.3) is 0 Å². The van der Waals surface area contributed by atoms with Crippen LogP contribution in [0.1, 0.15) is 36.5 Å². The minimum absolute atomic E-state index is 0.222. The van der Waals surface area contributed by atoms with Gasteiger partial charge in [-0.15, -0.1) is 0 Å². The van der Waals surface area contributed by atoms with Crippen LogP contribution in [0.25, 0.3) is 0 Å². The highest BCUT2D eigenvalue weighted by molar-refractivity contribution is 6.01. The third-order valence-electron chi connectivity index (χ3n) is 3.28. The van der Waals surface area contributed by atoms with Crippen molar-refractivity contribution in [3.05, 3.63) is 29.8 Å². The summed E-state index contributed by atoms with van der Waals surface area (Å²) >= 11 is 0. The molecule has 18 heavy (non-hydrogen) atoms. The number of nitrogens with one attached hydrogen (secondary N) is 1. The van der Waals surface area contributed by atoms with Gasteiger partial charge in [0.2, 0.25) is 0 Å². The number of unbranched alkanes of at least 4 members (excludes halogenated alkanes) is 1. The molecule has 0 fully saturated rings. The summed E-state index contributed by atoms with van der Waals surface area (Å²) in [6, 6.07) is 7.73. The minimum atomic E-state index is 0.222. The smallest absolute Gasteiger partial charge is 0.165 e. The Kier molecular flexibility index (Phi) is 4.76. The highest BCUT2D eigenvalue weighted by Gasteiger charge is 2.21. The van der Waals surface area contributed by atoms with Crippen LogP contribution in [0.5, 0.6) is 0 Å². The van der Waals surface area contributed by atoms with Crippen molar-refractivity contribution in [3.63, 3.8) is 0 Å². The summed E-state index contributed by atoms with van der Waals surface area (Å²) in [4.78, 5) is 12.1. The van der Waals surface area contributed by atoms with Crippen molar-refractivity contribution in [1.82, 2.24) is 0 Å². The topological polar surface area (TPSA) is 38.3 Å². The molecule has 3 heteroatoms. The van der Waals surface area contributed by atoms with Crippen LogP contribution in [0.15, 0.2) is 24.3 Å². The highest BCUT2D eigenvalue weighted by Crippen LogP contribution is 2.23. The van der Waals surface area contributed by atoms with Gasteiger partial charge in [0.1, 0.15) is 0 Å². The maximum atomic E-state index is 12.1. The number of para-hydroxylation sites is 1. The fourth-order valence-corrected chi connectivity index (χ4v) is 2.19. The van der Waals surface area contributed by atoms with Gasteiger partial charge in [-0.05, 0) is 18.6 Å². The average molecular weight is 247 g/mol. The van der Waals surface area contributed by atoms with E-state index < -0.39 is 0 Å². The summed E-state index contributed by atoms with van der Waals surface area (Å²) in [5, 5.41) is 3.35. The summed E-state index contributed by atoms with van der Waals surface area (Å²) < 4.78 is 5.62. The number of rotatable bonds is 5. The monoisotopic (exact) mass is 247 g/mol. The first kappa shape index (κ1) is 13.1. The zero-order chi connectivity index (χ0) is 12.8. The number of carbonyl (C=O) groups excluding carboxylic acids is 1. The Hall–Kier alpha value is -1.35. The van der Waals surface area contributed by atoms with E-state index in [1.165, 1.54) is 0 Å². The molecule has 1 aliphatic rings. The molecule has 1 heterocycles. The lowest BCUT2D eigenvalue weighted by Crippen LogP contribution is -2.19.